The van der Waals surface area contributed by atoms with Crippen molar-refractivity contribution < 1.29 is 4.74 Å². The molecular formula is C13H17BrINO. The third kappa shape index (κ3) is 3.58. The van der Waals surface area contributed by atoms with E-state index in [-0.39, 0.29) is 0 Å². The number of rotatable bonds is 3. The van der Waals surface area contributed by atoms with Gasteiger partial charge in [0.1, 0.15) is 0 Å². The van der Waals surface area contributed by atoms with Crippen molar-refractivity contribution in [3.05, 3.63) is 26.2 Å². The van der Waals surface area contributed by atoms with Gasteiger partial charge < -0.3 is 10.1 Å². The summed E-state index contributed by atoms with van der Waals surface area (Å²) in [6.07, 6.45) is 5.30. The van der Waals surface area contributed by atoms with Gasteiger partial charge in [0.05, 0.1) is 12.1 Å². The molecule has 1 N–H and O–H groups in total. The third-order valence-electron chi connectivity index (χ3n) is 3.28. The zero-order valence-corrected chi connectivity index (χ0v) is 13.6. The minimum atomic E-state index is 0.352. The molecule has 0 heterocycles. The molecule has 2 nitrogen and oxygen atoms in total. The Balaban J connectivity index is 2.05. The maximum Gasteiger partial charge on any atom is 0.0772 e. The van der Waals surface area contributed by atoms with Crippen LogP contribution in [0.4, 0.5) is 5.69 Å². The number of hydrogen-bond acceptors (Lipinski definition) is 2. The van der Waals surface area contributed by atoms with Crippen molar-refractivity contribution in [2.75, 3.05) is 12.4 Å². The first-order valence-corrected chi connectivity index (χ1v) is 7.82. The molecule has 2 rings (SSSR count). The molecule has 1 aliphatic carbocycles. The summed E-state index contributed by atoms with van der Waals surface area (Å²) in [7, 11) is 1.82. The van der Waals surface area contributed by atoms with Gasteiger partial charge in [0, 0.05) is 20.8 Å². The molecule has 4 heteroatoms. The smallest absolute Gasteiger partial charge is 0.0772 e. The Morgan fingerprint density at radius 1 is 1.35 bits per heavy atom. The number of halogens is 2. The van der Waals surface area contributed by atoms with Gasteiger partial charge in [-0.1, -0.05) is 12.8 Å². The van der Waals surface area contributed by atoms with E-state index in [1.54, 1.807) is 0 Å². The van der Waals surface area contributed by atoms with Crippen LogP contribution in [0.15, 0.2) is 22.7 Å². The Morgan fingerprint density at radius 2 is 2.12 bits per heavy atom. The normalized spacial score (nSPS) is 24.6. The van der Waals surface area contributed by atoms with Crippen molar-refractivity contribution in [1.29, 1.82) is 0 Å². The summed E-state index contributed by atoms with van der Waals surface area (Å²) in [4.78, 5) is 0. The minimum Gasteiger partial charge on any atom is -0.380 e. The highest BCUT2D eigenvalue weighted by Crippen LogP contribution is 2.27. The molecule has 1 saturated carbocycles. The van der Waals surface area contributed by atoms with Crippen molar-refractivity contribution in [1.82, 2.24) is 0 Å². The topological polar surface area (TPSA) is 21.3 Å². The van der Waals surface area contributed by atoms with Gasteiger partial charge in [-0.3, -0.25) is 0 Å². The molecule has 94 valence electrons. The van der Waals surface area contributed by atoms with Crippen molar-refractivity contribution in [3.63, 3.8) is 0 Å². The summed E-state index contributed by atoms with van der Waals surface area (Å²) in [5, 5.41) is 3.60. The molecule has 0 bridgehead atoms. The number of methoxy groups -OCH3 is 1. The molecule has 0 radical (unpaired) electrons. The summed E-state index contributed by atoms with van der Waals surface area (Å²) in [6, 6.07) is 6.83. The molecule has 1 fully saturated rings. The summed E-state index contributed by atoms with van der Waals surface area (Å²) in [5.41, 5.74) is 1.19. The van der Waals surface area contributed by atoms with Gasteiger partial charge in [0.15, 0.2) is 0 Å². The van der Waals surface area contributed by atoms with Gasteiger partial charge in [-0.15, -0.1) is 0 Å². The molecule has 0 spiro atoms. The van der Waals surface area contributed by atoms with Crippen LogP contribution >= 0.6 is 38.5 Å². The molecule has 0 amide bonds. The van der Waals surface area contributed by atoms with Crippen molar-refractivity contribution in [2.45, 2.75) is 37.8 Å². The Morgan fingerprint density at radius 3 is 2.82 bits per heavy atom. The predicted octanol–water partition coefficient (Wildman–Crippen LogP) is 4.42. The number of nitrogens with one attached hydrogen (secondary N) is 1. The average Bonchev–Trinajstić information content (AvgIpc) is 2.34. The monoisotopic (exact) mass is 409 g/mol. The van der Waals surface area contributed by atoms with Crippen LogP contribution in [0.3, 0.4) is 0 Å². The fourth-order valence-electron chi connectivity index (χ4n) is 2.34. The summed E-state index contributed by atoms with van der Waals surface area (Å²) in [6.45, 7) is 0. The van der Waals surface area contributed by atoms with E-state index >= 15 is 0 Å². The lowest BCUT2D eigenvalue weighted by molar-refractivity contribution is 0.0606. The lowest BCUT2D eigenvalue weighted by atomic mass is 9.92. The standard InChI is InChI=1S/C13H17BrINO/c1-17-13-5-3-2-4-12(13)16-9-6-7-10(14)11(15)8-9/h6-8,12-13,16H,2-5H2,1H3. The molecule has 2 unspecified atom stereocenters. The lowest BCUT2D eigenvalue weighted by Crippen LogP contribution is -2.37. The van der Waals surface area contributed by atoms with Crippen LogP contribution < -0.4 is 5.32 Å². The van der Waals surface area contributed by atoms with Crippen LogP contribution in [-0.2, 0) is 4.74 Å². The average molecular weight is 410 g/mol. The van der Waals surface area contributed by atoms with Gasteiger partial charge >= 0.3 is 0 Å². The zero-order chi connectivity index (χ0) is 12.3. The Hall–Kier alpha value is 0.190. The maximum atomic E-state index is 5.56. The van der Waals surface area contributed by atoms with Crippen LogP contribution in [0.1, 0.15) is 25.7 Å². The first kappa shape index (κ1) is 13.6. The van der Waals surface area contributed by atoms with Gasteiger partial charge in [-0.2, -0.15) is 0 Å². The second-order valence-electron chi connectivity index (χ2n) is 4.44. The summed E-state index contributed by atoms with van der Waals surface area (Å²) in [5.74, 6) is 0. The molecule has 0 aromatic heterocycles. The SMILES string of the molecule is COC1CCCCC1Nc1ccc(Br)c(I)c1. The fourth-order valence-corrected chi connectivity index (χ4v) is 3.11. The van der Waals surface area contributed by atoms with Crippen LogP contribution in [0.5, 0.6) is 0 Å². The van der Waals surface area contributed by atoms with Crippen LogP contribution in [0.25, 0.3) is 0 Å². The minimum absolute atomic E-state index is 0.352. The quantitative estimate of drug-likeness (QED) is 0.746. The Bertz CT molecular complexity index is 386. The van der Waals surface area contributed by atoms with Crippen molar-refractivity contribution in [2.24, 2.45) is 0 Å². The predicted molar refractivity (Wildman–Crippen MR) is 83.5 cm³/mol. The number of ether oxygens (including phenoxy) is 1. The third-order valence-corrected chi connectivity index (χ3v) is 5.60. The largest absolute Gasteiger partial charge is 0.380 e. The number of anilines is 1. The molecule has 0 saturated heterocycles. The fraction of sp³-hybridized carbons (Fsp3) is 0.538. The van der Waals surface area contributed by atoms with E-state index in [0.29, 0.717) is 12.1 Å². The lowest BCUT2D eigenvalue weighted by Gasteiger charge is -2.31. The second-order valence-corrected chi connectivity index (χ2v) is 6.45. The first-order valence-electron chi connectivity index (χ1n) is 5.95. The first-order chi connectivity index (χ1) is 8.20. The molecule has 2 atom stereocenters. The highest BCUT2D eigenvalue weighted by molar-refractivity contribution is 14.1. The summed E-state index contributed by atoms with van der Waals surface area (Å²) < 4.78 is 7.94. The highest BCUT2D eigenvalue weighted by Gasteiger charge is 2.24. The van der Waals surface area contributed by atoms with Crippen LogP contribution in [0, 0.1) is 3.57 Å². The van der Waals surface area contributed by atoms with Crippen molar-refractivity contribution in [3.8, 4) is 0 Å². The number of hydrogen-bond donors (Lipinski definition) is 1. The summed E-state index contributed by atoms with van der Waals surface area (Å²) >= 11 is 5.86. The van der Waals surface area contributed by atoms with E-state index in [1.165, 1.54) is 34.9 Å². The van der Waals surface area contributed by atoms with Gasteiger partial charge in [-0.25, -0.2) is 0 Å². The Kier molecular flexibility index (Phi) is 5.11. The second kappa shape index (κ2) is 6.38. The zero-order valence-electron chi connectivity index (χ0n) is 9.88. The Labute approximate surface area is 125 Å². The van der Waals surface area contributed by atoms with Crippen LogP contribution in [-0.4, -0.2) is 19.3 Å². The van der Waals surface area contributed by atoms with Crippen LogP contribution in [0.2, 0.25) is 0 Å². The molecular weight excluding hydrogens is 393 g/mol. The highest BCUT2D eigenvalue weighted by atomic mass is 127. The van der Waals surface area contributed by atoms with E-state index in [9.17, 15) is 0 Å². The van der Waals surface area contributed by atoms with Gasteiger partial charge in [0.25, 0.3) is 0 Å². The van der Waals surface area contributed by atoms with E-state index in [2.05, 4.69) is 62.0 Å². The molecule has 1 aromatic rings. The molecule has 1 aromatic carbocycles. The van der Waals surface area contributed by atoms with E-state index in [1.807, 2.05) is 7.11 Å². The molecule has 0 aliphatic heterocycles. The van der Waals surface area contributed by atoms with Gasteiger partial charge in [0.2, 0.25) is 0 Å². The van der Waals surface area contributed by atoms with E-state index in [4.69, 9.17) is 4.74 Å². The van der Waals surface area contributed by atoms with E-state index < -0.39 is 0 Å². The number of benzene rings is 1. The maximum absolute atomic E-state index is 5.56. The molecule has 17 heavy (non-hydrogen) atoms. The molecule has 1 aliphatic rings. The van der Waals surface area contributed by atoms with Gasteiger partial charge in [-0.05, 0) is 69.6 Å². The van der Waals surface area contributed by atoms with E-state index in [0.717, 1.165) is 4.47 Å². The van der Waals surface area contributed by atoms with Crippen molar-refractivity contribution >= 4 is 44.2 Å².